The van der Waals surface area contributed by atoms with Crippen LogP contribution in [0.3, 0.4) is 0 Å². The summed E-state index contributed by atoms with van der Waals surface area (Å²) in [6.45, 7) is 2.15. The third-order valence-electron chi connectivity index (χ3n) is 2.09. The average Bonchev–Trinajstić information content (AvgIpc) is 2.76. The molecule has 0 aliphatic rings. The van der Waals surface area contributed by atoms with Crippen LogP contribution in [0.15, 0.2) is 24.3 Å². The van der Waals surface area contributed by atoms with Gasteiger partial charge in [-0.2, -0.15) is 0 Å². The van der Waals surface area contributed by atoms with Crippen molar-refractivity contribution in [2.75, 3.05) is 11.9 Å². The zero-order valence-corrected chi connectivity index (χ0v) is 11.2. The molecule has 2 aromatic rings. The minimum Gasteiger partial charge on any atom is -0.462 e. The summed E-state index contributed by atoms with van der Waals surface area (Å²) >= 11 is 6.28. The molecule has 0 unspecified atom stereocenters. The number of aromatic amines is 1. The molecule has 18 heavy (non-hydrogen) atoms. The van der Waals surface area contributed by atoms with E-state index in [1.807, 2.05) is 0 Å². The van der Waals surface area contributed by atoms with E-state index in [9.17, 15) is 4.79 Å². The van der Waals surface area contributed by atoms with E-state index in [1.165, 1.54) is 11.3 Å². The van der Waals surface area contributed by atoms with E-state index in [0.717, 1.165) is 5.69 Å². The molecular formula is C11H11N3O2S2. The fraction of sp³-hybridized carbons (Fsp3) is 0.182. The molecule has 0 amide bonds. The SMILES string of the molecule is CCOC(=O)c1ccc(Nc2n[nH]c(=S)s2)cc1. The third kappa shape index (κ3) is 3.14. The van der Waals surface area contributed by atoms with E-state index in [1.54, 1.807) is 31.2 Å². The number of hydrogen-bond acceptors (Lipinski definition) is 6. The van der Waals surface area contributed by atoms with Gasteiger partial charge in [-0.15, -0.1) is 5.10 Å². The standard InChI is InChI=1S/C11H11N3O2S2/c1-2-16-9(15)7-3-5-8(6-4-7)12-10-13-14-11(17)18-10/h3-6H,2H2,1H3,(H,12,13)(H,14,17). The molecule has 2 N–H and O–H groups in total. The van der Waals surface area contributed by atoms with E-state index >= 15 is 0 Å². The second kappa shape index (κ2) is 5.74. The molecule has 0 aliphatic carbocycles. The molecule has 0 saturated heterocycles. The Kier molecular flexibility index (Phi) is 4.06. The lowest BCUT2D eigenvalue weighted by Crippen LogP contribution is -2.04. The number of rotatable bonds is 4. The van der Waals surface area contributed by atoms with Crippen molar-refractivity contribution >= 4 is 40.3 Å². The van der Waals surface area contributed by atoms with Crippen LogP contribution < -0.4 is 5.32 Å². The van der Waals surface area contributed by atoms with Crippen molar-refractivity contribution in [3.05, 3.63) is 33.8 Å². The number of ether oxygens (including phenoxy) is 1. The first-order valence-corrected chi connectivity index (χ1v) is 6.51. The first kappa shape index (κ1) is 12.7. The van der Waals surface area contributed by atoms with Gasteiger partial charge in [0.2, 0.25) is 5.13 Å². The van der Waals surface area contributed by atoms with Gasteiger partial charge in [0.25, 0.3) is 0 Å². The first-order chi connectivity index (χ1) is 8.69. The Labute approximate surface area is 113 Å². The number of carbonyl (C=O) groups excluding carboxylic acids is 1. The predicted octanol–water partition coefficient (Wildman–Crippen LogP) is 3.12. The Morgan fingerprint density at radius 1 is 1.50 bits per heavy atom. The van der Waals surface area contributed by atoms with Crippen LogP contribution in [0.1, 0.15) is 17.3 Å². The molecule has 0 bridgehead atoms. The highest BCUT2D eigenvalue weighted by Gasteiger charge is 2.06. The highest BCUT2D eigenvalue weighted by molar-refractivity contribution is 7.73. The van der Waals surface area contributed by atoms with Gasteiger partial charge >= 0.3 is 5.97 Å². The maximum atomic E-state index is 11.4. The number of nitrogens with zero attached hydrogens (tertiary/aromatic N) is 1. The number of nitrogens with one attached hydrogen (secondary N) is 2. The van der Waals surface area contributed by atoms with Gasteiger partial charge in [0.05, 0.1) is 12.2 Å². The summed E-state index contributed by atoms with van der Waals surface area (Å²) in [6.07, 6.45) is 0. The van der Waals surface area contributed by atoms with Gasteiger partial charge in [-0.05, 0) is 43.4 Å². The quantitative estimate of drug-likeness (QED) is 0.665. The summed E-state index contributed by atoms with van der Waals surface area (Å²) in [5.41, 5.74) is 1.36. The smallest absolute Gasteiger partial charge is 0.338 e. The Morgan fingerprint density at radius 3 is 2.78 bits per heavy atom. The summed E-state index contributed by atoms with van der Waals surface area (Å²) in [5.74, 6) is -0.320. The van der Waals surface area contributed by atoms with E-state index in [-0.39, 0.29) is 5.97 Å². The molecule has 1 aromatic carbocycles. The van der Waals surface area contributed by atoms with Crippen LogP contribution in [0.2, 0.25) is 0 Å². The van der Waals surface area contributed by atoms with Crippen molar-refractivity contribution in [2.24, 2.45) is 0 Å². The molecule has 0 fully saturated rings. The fourth-order valence-electron chi connectivity index (χ4n) is 1.31. The van der Waals surface area contributed by atoms with Crippen molar-refractivity contribution in [1.29, 1.82) is 0 Å². The zero-order valence-electron chi connectivity index (χ0n) is 9.60. The van der Waals surface area contributed by atoms with Crippen LogP contribution in [0, 0.1) is 3.95 Å². The van der Waals surface area contributed by atoms with Crippen molar-refractivity contribution < 1.29 is 9.53 Å². The molecule has 0 aliphatic heterocycles. The highest BCUT2D eigenvalue weighted by atomic mass is 32.1. The second-order valence-electron chi connectivity index (χ2n) is 3.34. The van der Waals surface area contributed by atoms with Gasteiger partial charge in [0.1, 0.15) is 0 Å². The molecular weight excluding hydrogens is 270 g/mol. The van der Waals surface area contributed by atoms with Crippen molar-refractivity contribution in [3.8, 4) is 0 Å². The van der Waals surface area contributed by atoms with Crippen LogP contribution in [-0.4, -0.2) is 22.8 Å². The lowest BCUT2D eigenvalue weighted by Gasteiger charge is -2.04. The number of aromatic nitrogens is 2. The molecule has 0 saturated carbocycles. The van der Waals surface area contributed by atoms with Gasteiger partial charge in [0, 0.05) is 5.69 Å². The molecule has 1 aromatic heterocycles. The normalized spacial score (nSPS) is 10.1. The Morgan fingerprint density at radius 2 is 2.22 bits per heavy atom. The molecule has 7 heteroatoms. The number of esters is 1. The maximum Gasteiger partial charge on any atom is 0.338 e. The summed E-state index contributed by atoms with van der Waals surface area (Å²) in [4.78, 5) is 11.4. The van der Waals surface area contributed by atoms with E-state index in [4.69, 9.17) is 17.0 Å². The van der Waals surface area contributed by atoms with E-state index in [0.29, 0.717) is 21.3 Å². The number of H-pyrrole nitrogens is 1. The highest BCUT2D eigenvalue weighted by Crippen LogP contribution is 2.19. The third-order valence-corrected chi connectivity index (χ3v) is 3.09. The topological polar surface area (TPSA) is 67.0 Å². The number of hydrogen-bond donors (Lipinski definition) is 2. The summed E-state index contributed by atoms with van der Waals surface area (Å²) < 4.78 is 5.51. The molecule has 5 nitrogen and oxygen atoms in total. The summed E-state index contributed by atoms with van der Waals surface area (Å²) in [7, 11) is 0. The Hall–Kier alpha value is -1.73. The van der Waals surface area contributed by atoms with Gasteiger partial charge < -0.3 is 10.1 Å². The summed E-state index contributed by atoms with van der Waals surface area (Å²) in [5, 5.41) is 10.4. The molecule has 0 radical (unpaired) electrons. The lowest BCUT2D eigenvalue weighted by molar-refractivity contribution is 0.0526. The van der Waals surface area contributed by atoms with Gasteiger partial charge in [-0.25, -0.2) is 4.79 Å². The minimum absolute atomic E-state index is 0.320. The number of benzene rings is 1. The van der Waals surface area contributed by atoms with Crippen molar-refractivity contribution in [3.63, 3.8) is 0 Å². The Balaban J connectivity index is 2.08. The molecule has 1 heterocycles. The Bertz CT molecular complexity index is 589. The van der Waals surface area contributed by atoms with Gasteiger partial charge in [-0.3, -0.25) is 5.10 Å². The molecule has 94 valence electrons. The van der Waals surface area contributed by atoms with Gasteiger partial charge in [-0.1, -0.05) is 11.3 Å². The van der Waals surface area contributed by atoms with Crippen LogP contribution in [0.4, 0.5) is 10.8 Å². The van der Waals surface area contributed by atoms with Crippen LogP contribution in [0.5, 0.6) is 0 Å². The van der Waals surface area contributed by atoms with Gasteiger partial charge in [0.15, 0.2) is 3.95 Å². The monoisotopic (exact) mass is 281 g/mol. The molecule has 2 rings (SSSR count). The van der Waals surface area contributed by atoms with Crippen LogP contribution >= 0.6 is 23.6 Å². The van der Waals surface area contributed by atoms with Crippen LogP contribution in [0.25, 0.3) is 0 Å². The first-order valence-electron chi connectivity index (χ1n) is 5.28. The maximum absolute atomic E-state index is 11.4. The molecule has 0 spiro atoms. The van der Waals surface area contributed by atoms with E-state index < -0.39 is 0 Å². The van der Waals surface area contributed by atoms with Crippen molar-refractivity contribution in [2.45, 2.75) is 6.92 Å². The summed E-state index contributed by atoms with van der Waals surface area (Å²) in [6, 6.07) is 6.98. The minimum atomic E-state index is -0.320. The number of carbonyl (C=O) groups is 1. The van der Waals surface area contributed by atoms with Crippen molar-refractivity contribution in [1.82, 2.24) is 10.2 Å². The molecule has 0 atom stereocenters. The lowest BCUT2D eigenvalue weighted by atomic mass is 10.2. The fourth-order valence-corrected chi connectivity index (χ4v) is 2.12. The predicted molar refractivity (Wildman–Crippen MR) is 73.0 cm³/mol. The number of anilines is 2. The van der Waals surface area contributed by atoms with E-state index in [2.05, 4.69) is 15.5 Å². The zero-order chi connectivity index (χ0) is 13.0. The van der Waals surface area contributed by atoms with Crippen LogP contribution in [-0.2, 0) is 4.74 Å². The average molecular weight is 281 g/mol. The second-order valence-corrected chi connectivity index (χ2v) is 5.01. The largest absolute Gasteiger partial charge is 0.462 e.